The molecule has 0 unspecified atom stereocenters. The number of benzene rings is 8. The summed E-state index contributed by atoms with van der Waals surface area (Å²) in [7, 11) is 0. The molecular formula is C58H48N2O. The molecule has 8 aromatic carbocycles. The summed E-state index contributed by atoms with van der Waals surface area (Å²) in [5.74, 6) is 0. The van der Waals surface area contributed by atoms with E-state index in [2.05, 4.69) is 222 Å². The van der Waals surface area contributed by atoms with Crippen LogP contribution in [-0.2, 0) is 16.2 Å². The van der Waals surface area contributed by atoms with Gasteiger partial charge in [0.25, 0.3) is 0 Å². The van der Waals surface area contributed by atoms with Crippen molar-refractivity contribution < 1.29 is 4.42 Å². The first-order valence-corrected chi connectivity index (χ1v) is 21.7. The summed E-state index contributed by atoms with van der Waals surface area (Å²) in [6.45, 7) is 17.0. The van der Waals surface area contributed by atoms with Crippen LogP contribution in [0.3, 0.4) is 0 Å². The number of nitrogens with zero attached hydrogens (tertiary/aromatic N) is 2. The van der Waals surface area contributed by atoms with Crippen molar-refractivity contribution >= 4 is 60.8 Å². The van der Waals surface area contributed by atoms with Gasteiger partial charge in [-0.1, -0.05) is 152 Å². The van der Waals surface area contributed by atoms with E-state index in [9.17, 15) is 0 Å². The number of furan rings is 1. The molecule has 2 heterocycles. The van der Waals surface area contributed by atoms with E-state index in [4.69, 9.17) is 4.42 Å². The van der Waals surface area contributed by atoms with Crippen LogP contribution in [0.2, 0.25) is 0 Å². The number of para-hydroxylation sites is 3. The molecule has 2 aromatic heterocycles. The zero-order valence-electron chi connectivity index (χ0n) is 35.9. The number of aromatic nitrogens is 1. The molecule has 0 radical (unpaired) electrons. The van der Waals surface area contributed by atoms with Crippen LogP contribution in [0.25, 0.3) is 71.7 Å². The van der Waals surface area contributed by atoms with Crippen LogP contribution in [-0.4, -0.2) is 4.57 Å². The van der Waals surface area contributed by atoms with E-state index < -0.39 is 0 Å². The predicted octanol–water partition coefficient (Wildman–Crippen LogP) is 16.1. The van der Waals surface area contributed by atoms with Crippen LogP contribution < -0.4 is 4.90 Å². The molecule has 0 N–H and O–H groups in total. The van der Waals surface area contributed by atoms with Crippen molar-refractivity contribution in [1.29, 1.82) is 0 Å². The van der Waals surface area contributed by atoms with Gasteiger partial charge in [0.05, 0.1) is 16.7 Å². The van der Waals surface area contributed by atoms with E-state index in [1.54, 1.807) is 0 Å². The zero-order chi connectivity index (χ0) is 41.6. The van der Waals surface area contributed by atoms with Crippen molar-refractivity contribution in [2.75, 3.05) is 4.90 Å². The molecule has 3 heteroatoms. The fraction of sp³-hybridized carbons (Fsp3) is 0.172. The lowest BCUT2D eigenvalue weighted by Crippen LogP contribution is -2.27. The summed E-state index contributed by atoms with van der Waals surface area (Å²) in [6.07, 6.45) is 0. The summed E-state index contributed by atoms with van der Waals surface area (Å²) in [5, 5.41) is 4.78. The molecule has 0 bridgehead atoms. The Kier molecular flexibility index (Phi) is 7.31. The lowest BCUT2D eigenvalue weighted by molar-refractivity contribution is 0.587. The van der Waals surface area contributed by atoms with E-state index in [1.165, 1.54) is 77.6 Å². The van der Waals surface area contributed by atoms with Gasteiger partial charge in [-0.25, -0.2) is 0 Å². The summed E-state index contributed by atoms with van der Waals surface area (Å²) < 4.78 is 9.08. The summed E-state index contributed by atoms with van der Waals surface area (Å²) in [6, 6.07) is 60.4. The van der Waals surface area contributed by atoms with Crippen LogP contribution in [0.5, 0.6) is 0 Å². The molecule has 0 amide bonds. The SMILES string of the molecule is CC(C)(C)c1c2c(c(N(c3ccc(-n4c5ccccc5c5ccccc54)cc3)c3ccc4c(c3)oc3ccccc34)c3c1-c1ccccc1C3(C)C)C(C)(C)c1ccccc1-2. The van der Waals surface area contributed by atoms with Gasteiger partial charge in [-0.3, -0.25) is 0 Å². The molecule has 0 saturated carbocycles. The van der Waals surface area contributed by atoms with Gasteiger partial charge in [-0.05, 0) is 110 Å². The van der Waals surface area contributed by atoms with Gasteiger partial charge in [0.2, 0.25) is 0 Å². The van der Waals surface area contributed by atoms with Crippen molar-refractivity contribution in [1.82, 2.24) is 4.57 Å². The van der Waals surface area contributed by atoms with Crippen molar-refractivity contribution in [3.8, 4) is 27.9 Å². The minimum atomic E-state index is -0.300. The first-order valence-electron chi connectivity index (χ1n) is 21.7. The van der Waals surface area contributed by atoms with E-state index in [0.717, 1.165) is 39.0 Å². The first-order chi connectivity index (χ1) is 29.4. The van der Waals surface area contributed by atoms with Crippen LogP contribution in [0.4, 0.5) is 17.1 Å². The number of anilines is 3. The Morgan fingerprint density at radius 1 is 0.475 bits per heavy atom. The third-order valence-electron chi connectivity index (χ3n) is 14.0. The highest BCUT2D eigenvalue weighted by molar-refractivity contribution is 6.10. The van der Waals surface area contributed by atoms with Gasteiger partial charge in [0.15, 0.2) is 0 Å². The predicted molar refractivity (Wildman–Crippen MR) is 257 cm³/mol. The van der Waals surface area contributed by atoms with Gasteiger partial charge in [-0.2, -0.15) is 0 Å². The van der Waals surface area contributed by atoms with Gasteiger partial charge in [0.1, 0.15) is 11.2 Å². The van der Waals surface area contributed by atoms with Crippen LogP contribution in [0.1, 0.15) is 76.3 Å². The molecule has 0 spiro atoms. The highest BCUT2D eigenvalue weighted by atomic mass is 16.3. The topological polar surface area (TPSA) is 21.3 Å². The Morgan fingerprint density at radius 2 is 0.951 bits per heavy atom. The molecule has 10 aromatic rings. The second kappa shape index (κ2) is 12.4. The Morgan fingerprint density at radius 3 is 1.52 bits per heavy atom. The van der Waals surface area contributed by atoms with Gasteiger partial charge in [0, 0.05) is 55.5 Å². The maximum absolute atomic E-state index is 6.67. The largest absolute Gasteiger partial charge is 0.456 e. The molecule has 61 heavy (non-hydrogen) atoms. The second-order valence-electron chi connectivity index (χ2n) is 19.3. The minimum absolute atomic E-state index is 0.143. The van der Waals surface area contributed by atoms with E-state index in [1.807, 2.05) is 0 Å². The van der Waals surface area contributed by atoms with Gasteiger partial charge < -0.3 is 13.9 Å². The lowest BCUT2D eigenvalue weighted by Gasteiger charge is -2.39. The molecule has 0 saturated heterocycles. The molecule has 2 aliphatic carbocycles. The molecule has 0 aliphatic heterocycles. The molecule has 0 atom stereocenters. The number of rotatable bonds is 4. The summed E-state index contributed by atoms with van der Waals surface area (Å²) in [4.78, 5) is 2.58. The highest BCUT2D eigenvalue weighted by Crippen LogP contribution is 2.65. The molecule has 296 valence electrons. The van der Waals surface area contributed by atoms with Crippen molar-refractivity contribution in [3.63, 3.8) is 0 Å². The number of fused-ring (bicyclic) bond motifs is 12. The maximum Gasteiger partial charge on any atom is 0.137 e. The Balaban J connectivity index is 1.21. The number of hydrogen-bond donors (Lipinski definition) is 0. The maximum atomic E-state index is 6.67. The summed E-state index contributed by atoms with van der Waals surface area (Å²) in [5.41, 5.74) is 20.4. The number of hydrogen-bond acceptors (Lipinski definition) is 2. The zero-order valence-corrected chi connectivity index (χ0v) is 35.9. The van der Waals surface area contributed by atoms with E-state index in [0.29, 0.717) is 0 Å². The van der Waals surface area contributed by atoms with Crippen LogP contribution in [0, 0.1) is 0 Å². The second-order valence-corrected chi connectivity index (χ2v) is 19.3. The molecule has 0 fully saturated rings. The molecule has 2 aliphatic rings. The third kappa shape index (κ3) is 4.86. The molecule has 12 rings (SSSR count). The fourth-order valence-corrected chi connectivity index (χ4v) is 11.4. The van der Waals surface area contributed by atoms with E-state index >= 15 is 0 Å². The third-order valence-corrected chi connectivity index (χ3v) is 14.0. The average Bonchev–Trinajstić information content (AvgIpc) is 3.94. The monoisotopic (exact) mass is 788 g/mol. The Labute approximate surface area is 357 Å². The molecule has 3 nitrogen and oxygen atoms in total. The van der Waals surface area contributed by atoms with E-state index in [-0.39, 0.29) is 16.2 Å². The Hall–Kier alpha value is -6.84. The normalized spacial score (nSPS) is 14.7. The van der Waals surface area contributed by atoms with Crippen LogP contribution in [0.15, 0.2) is 168 Å². The average molecular weight is 789 g/mol. The molecular weight excluding hydrogens is 741 g/mol. The highest BCUT2D eigenvalue weighted by Gasteiger charge is 2.50. The first kappa shape index (κ1) is 36.0. The Bertz CT molecular complexity index is 3320. The van der Waals surface area contributed by atoms with Crippen molar-refractivity contribution in [2.45, 2.75) is 64.7 Å². The van der Waals surface area contributed by atoms with Gasteiger partial charge in [-0.15, -0.1) is 0 Å². The quantitative estimate of drug-likeness (QED) is 0.177. The smallest absolute Gasteiger partial charge is 0.137 e. The van der Waals surface area contributed by atoms with Gasteiger partial charge >= 0.3 is 0 Å². The minimum Gasteiger partial charge on any atom is -0.456 e. The van der Waals surface area contributed by atoms with Crippen molar-refractivity contribution in [3.05, 3.63) is 192 Å². The lowest BCUT2D eigenvalue weighted by atomic mass is 9.71. The van der Waals surface area contributed by atoms with Crippen molar-refractivity contribution in [2.24, 2.45) is 0 Å². The fourth-order valence-electron chi connectivity index (χ4n) is 11.4. The standard InChI is InChI=1S/C58H48N2O/c1-56(2,3)52-50-42-21-8-13-23-44(42)57(4,5)53(50)55(54-51(52)43-22-9-14-24-45(43)58(54,6)7)59(37-32-33-41-40-20-12-17-27-48(40)61-49(41)34-37)35-28-30-36(31-29-35)60-46-25-15-10-18-38(46)39-19-11-16-26-47(39)60/h8-34H,1-7H3. The summed E-state index contributed by atoms with van der Waals surface area (Å²) >= 11 is 0. The van der Waals surface area contributed by atoms with Crippen LogP contribution >= 0.6 is 0 Å².